The van der Waals surface area contributed by atoms with E-state index in [1.807, 2.05) is 61.5 Å². The molecule has 0 aliphatic rings. The van der Waals surface area contributed by atoms with E-state index < -0.39 is 0 Å². The van der Waals surface area contributed by atoms with Crippen LogP contribution in [0, 0.1) is 18.3 Å². The number of hydrogen-bond donors (Lipinski definition) is 1. The standard InChI is InChI=1S/C21H22N2O/c1-3-4-5-17-10-12-20(13-11-17)23-21(24)19(15-22)14-18-8-6-16(2)7-9-18/h6-14H,3-5H2,1-2H3,(H,23,24)/b19-14-. The summed E-state index contributed by atoms with van der Waals surface area (Å²) < 4.78 is 0. The first kappa shape index (κ1) is 17.5. The highest BCUT2D eigenvalue weighted by Crippen LogP contribution is 2.14. The van der Waals surface area contributed by atoms with Crippen LogP contribution in [0.25, 0.3) is 6.08 Å². The highest BCUT2D eigenvalue weighted by molar-refractivity contribution is 6.09. The third kappa shape index (κ3) is 5.10. The zero-order valence-electron chi connectivity index (χ0n) is 14.2. The molecule has 0 saturated heterocycles. The van der Waals surface area contributed by atoms with Gasteiger partial charge >= 0.3 is 0 Å². The van der Waals surface area contributed by atoms with Crippen LogP contribution >= 0.6 is 0 Å². The number of aryl methyl sites for hydroxylation is 2. The molecule has 2 aromatic carbocycles. The zero-order chi connectivity index (χ0) is 17.4. The lowest BCUT2D eigenvalue weighted by molar-refractivity contribution is -0.112. The maximum atomic E-state index is 12.3. The lowest BCUT2D eigenvalue weighted by Gasteiger charge is -2.06. The molecule has 2 aromatic rings. The lowest BCUT2D eigenvalue weighted by atomic mass is 10.1. The van der Waals surface area contributed by atoms with E-state index in [0.29, 0.717) is 5.69 Å². The minimum absolute atomic E-state index is 0.0916. The Morgan fingerprint density at radius 3 is 2.38 bits per heavy atom. The molecule has 24 heavy (non-hydrogen) atoms. The van der Waals surface area contributed by atoms with Crippen LogP contribution in [0.15, 0.2) is 54.1 Å². The first-order valence-electron chi connectivity index (χ1n) is 8.21. The first-order valence-corrected chi connectivity index (χ1v) is 8.21. The summed E-state index contributed by atoms with van der Waals surface area (Å²) in [5, 5.41) is 12.0. The van der Waals surface area contributed by atoms with Crippen molar-refractivity contribution in [1.82, 2.24) is 0 Å². The Labute approximate surface area is 143 Å². The van der Waals surface area contributed by atoms with Crippen LogP contribution in [-0.2, 0) is 11.2 Å². The number of hydrogen-bond acceptors (Lipinski definition) is 2. The third-order valence-electron chi connectivity index (χ3n) is 3.78. The van der Waals surface area contributed by atoms with Gasteiger partial charge in [-0.3, -0.25) is 4.79 Å². The summed E-state index contributed by atoms with van der Waals surface area (Å²) >= 11 is 0. The molecule has 0 saturated carbocycles. The molecule has 0 bridgehead atoms. The predicted octanol–water partition coefficient (Wildman–Crippen LogP) is 4.88. The second kappa shape index (κ2) is 8.69. The highest BCUT2D eigenvalue weighted by atomic mass is 16.1. The number of nitriles is 1. The van der Waals surface area contributed by atoms with Gasteiger partial charge in [-0.2, -0.15) is 5.26 Å². The van der Waals surface area contributed by atoms with Crippen molar-refractivity contribution in [2.75, 3.05) is 5.32 Å². The van der Waals surface area contributed by atoms with Gasteiger partial charge in [0.05, 0.1) is 0 Å². The number of carbonyl (C=O) groups is 1. The molecule has 0 aliphatic heterocycles. The second-order valence-electron chi connectivity index (χ2n) is 5.84. The van der Waals surface area contributed by atoms with E-state index in [4.69, 9.17) is 0 Å². The van der Waals surface area contributed by atoms with Gasteiger partial charge in [-0.15, -0.1) is 0 Å². The van der Waals surface area contributed by atoms with Crippen molar-refractivity contribution in [3.8, 4) is 6.07 Å². The maximum Gasteiger partial charge on any atom is 0.266 e. The van der Waals surface area contributed by atoms with Gasteiger partial charge in [0.2, 0.25) is 0 Å². The summed E-state index contributed by atoms with van der Waals surface area (Å²) in [5.41, 5.74) is 4.02. The Morgan fingerprint density at radius 2 is 1.79 bits per heavy atom. The van der Waals surface area contributed by atoms with Crippen LogP contribution in [0.2, 0.25) is 0 Å². The molecule has 0 aliphatic carbocycles. The molecule has 0 aromatic heterocycles. The minimum atomic E-state index is -0.389. The van der Waals surface area contributed by atoms with E-state index in [1.54, 1.807) is 6.08 Å². The lowest BCUT2D eigenvalue weighted by Crippen LogP contribution is -2.13. The van der Waals surface area contributed by atoms with Crippen molar-refractivity contribution in [2.24, 2.45) is 0 Å². The molecule has 0 spiro atoms. The van der Waals surface area contributed by atoms with Crippen molar-refractivity contribution in [3.63, 3.8) is 0 Å². The average Bonchev–Trinajstić information content (AvgIpc) is 2.60. The Morgan fingerprint density at radius 1 is 1.12 bits per heavy atom. The zero-order valence-corrected chi connectivity index (χ0v) is 14.2. The first-order chi connectivity index (χ1) is 11.6. The summed E-state index contributed by atoms with van der Waals surface area (Å²) in [6.07, 6.45) is 4.96. The van der Waals surface area contributed by atoms with Crippen LogP contribution in [0.1, 0.15) is 36.5 Å². The van der Waals surface area contributed by atoms with Crippen molar-refractivity contribution in [2.45, 2.75) is 33.1 Å². The number of nitrogens with one attached hydrogen (secondary N) is 1. The van der Waals surface area contributed by atoms with Gasteiger partial charge in [0.15, 0.2) is 0 Å². The fourth-order valence-corrected chi connectivity index (χ4v) is 2.31. The fourth-order valence-electron chi connectivity index (χ4n) is 2.31. The Kier molecular flexibility index (Phi) is 6.33. The number of unbranched alkanes of at least 4 members (excludes halogenated alkanes) is 1. The molecule has 0 unspecified atom stereocenters. The van der Waals surface area contributed by atoms with Crippen LogP contribution < -0.4 is 5.32 Å². The predicted molar refractivity (Wildman–Crippen MR) is 98.5 cm³/mol. The van der Waals surface area contributed by atoms with Crippen LogP contribution in [0.3, 0.4) is 0 Å². The number of rotatable bonds is 6. The van der Waals surface area contributed by atoms with Crippen molar-refractivity contribution >= 4 is 17.7 Å². The molecule has 122 valence electrons. The average molecular weight is 318 g/mol. The van der Waals surface area contributed by atoms with Gasteiger partial charge in [0.1, 0.15) is 11.6 Å². The van der Waals surface area contributed by atoms with E-state index in [1.165, 1.54) is 5.56 Å². The summed E-state index contributed by atoms with van der Waals surface area (Å²) in [6, 6.07) is 17.4. The Balaban J connectivity index is 2.06. The minimum Gasteiger partial charge on any atom is -0.321 e. The van der Waals surface area contributed by atoms with Gasteiger partial charge in [0.25, 0.3) is 5.91 Å². The SMILES string of the molecule is CCCCc1ccc(NC(=O)/C(C#N)=C\c2ccc(C)cc2)cc1. The van der Waals surface area contributed by atoms with Gasteiger partial charge < -0.3 is 5.32 Å². The number of anilines is 1. The van der Waals surface area contributed by atoms with Crippen molar-refractivity contribution in [1.29, 1.82) is 5.26 Å². The molecule has 0 atom stereocenters. The molecule has 3 nitrogen and oxygen atoms in total. The van der Waals surface area contributed by atoms with Crippen LogP contribution in [0.5, 0.6) is 0 Å². The van der Waals surface area contributed by atoms with E-state index in [0.717, 1.165) is 30.4 Å². The number of amides is 1. The molecule has 0 heterocycles. The molecule has 0 fully saturated rings. The smallest absolute Gasteiger partial charge is 0.266 e. The van der Waals surface area contributed by atoms with Gasteiger partial charge in [-0.1, -0.05) is 55.3 Å². The molecule has 2 rings (SSSR count). The van der Waals surface area contributed by atoms with Gasteiger partial charge in [0, 0.05) is 5.69 Å². The quantitative estimate of drug-likeness (QED) is 0.609. The number of nitrogens with zero attached hydrogens (tertiary/aromatic N) is 1. The van der Waals surface area contributed by atoms with Gasteiger partial charge in [-0.25, -0.2) is 0 Å². The monoisotopic (exact) mass is 318 g/mol. The van der Waals surface area contributed by atoms with E-state index in [9.17, 15) is 10.1 Å². The Bertz CT molecular complexity index is 750. The van der Waals surface area contributed by atoms with Crippen LogP contribution in [-0.4, -0.2) is 5.91 Å². The summed E-state index contributed by atoms with van der Waals surface area (Å²) in [5.74, 6) is -0.389. The van der Waals surface area contributed by atoms with Crippen LogP contribution in [0.4, 0.5) is 5.69 Å². The third-order valence-corrected chi connectivity index (χ3v) is 3.78. The second-order valence-corrected chi connectivity index (χ2v) is 5.84. The molecule has 1 amide bonds. The molecular weight excluding hydrogens is 296 g/mol. The maximum absolute atomic E-state index is 12.3. The molecule has 0 radical (unpaired) electrons. The number of carbonyl (C=O) groups excluding carboxylic acids is 1. The Hall–Kier alpha value is -2.86. The topological polar surface area (TPSA) is 52.9 Å². The normalized spacial score (nSPS) is 11.0. The van der Waals surface area contributed by atoms with E-state index in [2.05, 4.69) is 12.2 Å². The number of benzene rings is 2. The van der Waals surface area contributed by atoms with Gasteiger partial charge in [-0.05, 0) is 49.1 Å². The highest BCUT2D eigenvalue weighted by Gasteiger charge is 2.09. The van der Waals surface area contributed by atoms with E-state index in [-0.39, 0.29) is 11.5 Å². The fraction of sp³-hybridized carbons (Fsp3) is 0.238. The summed E-state index contributed by atoms with van der Waals surface area (Å²) in [4.78, 5) is 12.3. The largest absolute Gasteiger partial charge is 0.321 e. The summed E-state index contributed by atoms with van der Waals surface area (Å²) in [6.45, 7) is 4.16. The van der Waals surface area contributed by atoms with E-state index >= 15 is 0 Å². The molecule has 3 heteroatoms. The molecular formula is C21H22N2O. The summed E-state index contributed by atoms with van der Waals surface area (Å²) in [7, 11) is 0. The van der Waals surface area contributed by atoms with Crippen molar-refractivity contribution < 1.29 is 4.79 Å². The molecule has 1 N–H and O–H groups in total. The van der Waals surface area contributed by atoms with Crippen molar-refractivity contribution in [3.05, 3.63) is 70.8 Å².